The standard InChI is InChI=1S/C14H20FN3O/c1-7-13(8(2)18-17-7)12-5-10(15)3-9-4-11(6-16)19-14(9)12/h3,5,7-8,11,13,17-18H,4,6,16H2,1-2H3. The van der Waals surface area contributed by atoms with Gasteiger partial charge in [0.2, 0.25) is 0 Å². The van der Waals surface area contributed by atoms with Crippen LogP contribution in [0.15, 0.2) is 12.1 Å². The van der Waals surface area contributed by atoms with Gasteiger partial charge in [0.05, 0.1) is 0 Å². The summed E-state index contributed by atoms with van der Waals surface area (Å²) in [7, 11) is 0. The van der Waals surface area contributed by atoms with Gasteiger partial charge in [0, 0.05) is 42.1 Å². The van der Waals surface area contributed by atoms with Gasteiger partial charge in [-0.2, -0.15) is 0 Å². The van der Waals surface area contributed by atoms with Crippen molar-refractivity contribution in [2.24, 2.45) is 5.73 Å². The van der Waals surface area contributed by atoms with Crippen LogP contribution >= 0.6 is 0 Å². The minimum absolute atomic E-state index is 0.0246. The summed E-state index contributed by atoms with van der Waals surface area (Å²) in [5.41, 5.74) is 14.0. The smallest absolute Gasteiger partial charge is 0.126 e. The SMILES string of the molecule is CC1NNC(C)C1c1cc(F)cc2c1OC(CN)C2. The molecule has 1 saturated heterocycles. The minimum Gasteiger partial charge on any atom is -0.488 e. The van der Waals surface area contributed by atoms with E-state index in [4.69, 9.17) is 10.5 Å². The zero-order valence-electron chi connectivity index (χ0n) is 11.2. The van der Waals surface area contributed by atoms with E-state index in [2.05, 4.69) is 24.7 Å². The Morgan fingerprint density at radius 2 is 2.00 bits per heavy atom. The second kappa shape index (κ2) is 4.74. The van der Waals surface area contributed by atoms with Crippen molar-refractivity contribution >= 4 is 0 Å². The summed E-state index contributed by atoms with van der Waals surface area (Å²) in [6, 6.07) is 3.65. The van der Waals surface area contributed by atoms with Crippen LogP contribution in [-0.2, 0) is 6.42 Å². The Balaban J connectivity index is 2.03. The Bertz CT molecular complexity index is 484. The van der Waals surface area contributed by atoms with E-state index in [1.165, 1.54) is 0 Å². The van der Waals surface area contributed by atoms with E-state index in [1.54, 1.807) is 12.1 Å². The molecule has 104 valence electrons. The van der Waals surface area contributed by atoms with Gasteiger partial charge in [-0.15, -0.1) is 0 Å². The van der Waals surface area contributed by atoms with E-state index in [1.807, 2.05) is 0 Å². The molecule has 4 nitrogen and oxygen atoms in total. The fraction of sp³-hybridized carbons (Fsp3) is 0.571. The van der Waals surface area contributed by atoms with Crippen molar-refractivity contribution in [2.45, 2.75) is 44.4 Å². The number of ether oxygens (including phenoxy) is 1. The van der Waals surface area contributed by atoms with Crippen LogP contribution in [0, 0.1) is 5.82 Å². The highest BCUT2D eigenvalue weighted by Crippen LogP contribution is 2.40. The van der Waals surface area contributed by atoms with E-state index < -0.39 is 0 Å². The summed E-state index contributed by atoms with van der Waals surface area (Å²) in [6.07, 6.45) is 0.677. The Morgan fingerprint density at radius 3 is 2.63 bits per heavy atom. The number of hydrogen-bond acceptors (Lipinski definition) is 4. The van der Waals surface area contributed by atoms with Crippen molar-refractivity contribution in [2.75, 3.05) is 6.54 Å². The summed E-state index contributed by atoms with van der Waals surface area (Å²) < 4.78 is 19.7. The third kappa shape index (κ3) is 2.12. The molecule has 0 spiro atoms. The van der Waals surface area contributed by atoms with Gasteiger partial charge < -0.3 is 10.5 Å². The Hall–Kier alpha value is -1.17. The van der Waals surface area contributed by atoms with Crippen LogP contribution in [-0.4, -0.2) is 24.7 Å². The molecule has 3 unspecified atom stereocenters. The topological polar surface area (TPSA) is 59.3 Å². The highest BCUT2D eigenvalue weighted by molar-refractivity contribution is 5.48. The predicted octanol–water partition coefficient (Wildman–Crippen LogP) is 1.06. The summed E-state index contributed by atoms with van der Waals surface area (Å²) in [5, 5.41) is 0. The quantitative estimate of drug-likeness (QED) is 0.748. The molecule has 1 aromatic carbocycles. The molecule has 0 amide bonds. The van der Waals surface area contributed by atoms with Crippen LogP contribution in [0.2, 0.25) is 0 Å². The molecule has 1 aromatic rings. The first-order valence-corrected chi connectivity index (χ1v) is 6.80. The first-order chi connectivity index (χ1) is 9.10. The molecule has 4 N–H and O–H groups in total. The summed E-state index contributed by atoms with van der Waals surface area (Å²) in [5.74, 6) is 0.841. The number of hydrogen-bond donors (Lipinski definition) is 3. The molecule has 0 aliphatic carbocycles. The molecule has 5 heteroatoms. The lowest BCUT2D eigenvalue weighted by Crippen LogP contribution is -2.30. The second-order valence-corrected chi connectivity index (χ2v) is 5.55. The molecular formula is C14H20FN3O. The summed E-state index contributed by atoms with van der Waals surface area (Å²) >= 11 is 0. The molecular weight excluding hydrogens is 245 g/mol. The molecule has 2 heterocycles. The van der Waals surface area contributed by atoms with Gasteiger partial charge in [-0.3, -0.25) is 10.9 Å². The van der Waals surface area contributed by atoms with Gasteiger partial charge in [0.25, 0.3) is 0 Å². The number of hydrazine groups is 1. The van der Waals surface area contributed by atoms with E-state index in [9.17, 15) is 4.39 Å². The number of fused-ring (bicyclic) bond motifs is 1. The minimum atomic E-state index is -0.193. The summed E-state index contributed by atoms with van der Waals surface area (Å²) in [4.78, 5) is 0. The van der Waals surface area contributed by atoms with Crippen LogP contribution in [0.1, 0.15) is 30.9 Å². The average Bonchev–Trinajstić information content (AvgIpc) is 2.92. The molecule has 2 aliphatic rings. The van der Waals surface area contributed by atoms with Crippen molar-refractivity contribution in [1.29, 1.82) is 0 Å². The maximum absolute atomic E-state index is 13.8. The third-order valence-corrected chi connectivity index (χ3v) is 4.13. The van der Waals surface area contributed by atoms with Crippen molar-refractivity contribution < 1.29 is 9.13 Å². The second-order valence-electron chi connectivity index (χ2n) is 5.55. The number of nitrogens with one attached hydrogen (secondary N) is 2. The first kappa shape index (κ1) is 12.8. The van der Waals surface area contributed by atoms with E-state index >= 15 is 0 Å². The van der Waals surface area contributed by atoms with Crippen LogP contribution in [0.3, 0.4) is 0 Å². The average molecular weight is 265 g/mol. The molecule has 3 atom stereocenters. The number of nitrogens with two attached hydrogens (primary N) is 1. The molecule has 1 fully saturated rings. The molecule has 0 bridgehead atoms. The zero-order valence-corrected chi connectivity index (χ0v) is 11.2. The summed E-state index contributed by atoms with van der Waals surface area (Å²) in [6.45, 7) is 4.64. The zero-order chi connectivity index (χ0) is 13.6. The lowest BCUT2D eigenvalue weighted by atomic mass is 9.87. The van der Waals surface area contributed by atoms with Gasteiger partial charge in [-0.05, 0) is 26.0 Å². The van der Waals surface area contributed by atoms with Crippen LogP contribution < -0.4 is 21.3 Å². The van der Waals surface area contributed by atoms with Gasteiger partial charge in [0.15, 0.2) is 0 Å². The molecule has 3 rings (SSSR count). The number of rotatable bonds is 2. The van der Waals surface area contributed by atoms with Crippen molar-refractivity contribution in [3.63, 3.8) is 0 Å². The largest absolute Gasteiger partial charge is 0.488 e. The lowest BCUT2D eigenvalue weighted by molar-refractivity contribution is 0.237. The Morgan fingerprint density at radius 1 is 1.32 bits per heavy atom. The van der Waals surface area contributed by atoms with Gasteiger partial charge in [-0.1, -0.05) is 0 Å². The highest BCUT2D eigenvalue weighted by Gasteiger charge is 2.36. The molecule has 0 saturated carbocycles. The molecule has 0 aromatic heterocycles. The highest BCUT2D eigenvalue weighted by atomic mass is 19.1. The Labute approximate surface area is 112 Å². The lowest BCUT2D eigenvalue weighted by Gasteiger charge is -2.21. The maximum atomic E-state index is 13.8. The number of benzene rings is 1. The van der Waals surface area contributed by atoms with Crippen LogP contribution in [0.5, 0.6) is 5.75 Å². The molecule has 0 radical (unpaired) electrons. The maximum Gasteiger partial charge on any atom is 0.126 e. The van der Waals surface area contributed by atoms with Crippen molar-refractivity contribution in [3.05, 3.63) is 29.1 Å². The van der Waals surface area contributed by atoms with Crippen molar-refractivity contribution in [3.8, 4) is 5.75 Å². The van der Waals surface area contributed by atoms with Gasteiger partial charge in [-0.25, -0.2) is 4.39 Å². The number of halogens is 1. The normalized spacial score (nSPS) is 33.3. The van der Waals surface area contributed by atoms with E-state index in [0.29, 0.717) is 13.0 Å². The van der Waals surface area contributed by atoms with Crippen molar-refractivity contribution in [1.82, 2.24) is 10.9 Å². The Kier molecular flexibility index (Phi) is 3.20. The van der Waals surface area contributed by atoms with E-state index in [0.717, 1.165) is 16.9 Å². The van der Waals surface area contributed by atoms with Gasteiger partial charge >= 0.3 is 0 Å². The predicted molar refractivity (Wildman–Crippen MR) is 71.5 cm³/mol. The van der Waals surface area contributed by atoms with E-state index in [-0.39, 0.29) is 29.9 Å². The first-order valence-electron chi connectivity index (χ1n) is 6.80. The molecule has 19 heavy (non-hydrogen) atoms. The molecule has 2 aliphatic heterocycles. The fourth-order valence-corrected chi connectivity index (χ4v) is 3.22. The fourth-order valence-electron chi connectivity index (χ4n) is 3.22. The van der Waals surface area contributed by atoms with Crippen LogP contribution in [0.4, 0.5) is 4.39 Å². The van der Waals surface area contributed by atoms with Crippen LogP contribution in [0.25, 0.3) is 0 Å². The van der Waals surface area contributed by atoms with Gasteiger partial charge in [0.1, 0.15) is 17.7 Å². The third-order valence-electron chi connectivity index (χ3n) is 4.13. The monoisotopic (exact) mass is 265 g/mol.